The number of hydrogen-bond donors (Lipinski definition) is 1. The number of nitrogens with zero attached hydrogens (tertiary/aromatic N) is 3. The van der Waals surface area contributed by atoms with Crippen molar-refractivity contribution in [1.29, 1.82) is 0 Å². The Hall–Kier alpha value is -2.34. The molecule has 6 heteroatoms. The molecule has 0 spiro atoms. The van der Waals surface area contributed by atoms with E-state index in [1.807, 2.05) is 47.0 Å². The first-order valence-electron chi connectivity index (χ1n) is 7.90. The Morgan fingerprint density at radius 3 is 2.91 bits per heavy atom. The Kier molecular flexibility index (Phi) is 4.92. The summed E-state index contributed by atoms with van der Waals surface area (Å²) in [6, 6.07) is 10.1. The van der Waals surface area contributed by atoms with Gasteiger partial charge in [-0.25, -0.2) is 4.79 Å². The summed E-state index contributed by atoms with van der Waals surface area (Å²) in [5.74, 6) is 0. The second-order valence-electron chi connectivity index (χ2n) is 5.75. The van der Waals surface area contributed by atoms with E-state index in [9.17, 15) is 4.79 Å². The average molecular weight is 314 g/mol. The number of benzene rings is 1. The Morgan fingerprint density at radius 2 is 2.17 bits per heavy atom. The topological polar surface area (TPSA) is 59.4 Å². The van der Waals surface area contributed by atoms with Crippen molar-refractivity contribution in [3.8, 4) is 0 Å². The van der Waals surface area contributed by atoms with E-state index in [4.69, 9.17) is 4.74 Å². The molecular formula is C17H22N4O2. The number of aromatic nitrogens is 2. The molecular weight excluding hydrogens is 292 g/mol. The van der Waals surface area contributed by atoms with Gasteiger partial charge in [-0.2, -0.15) is 5.10 Å². The number of morpholine rings is 1. The van der Waals surface area contributed by atoms with Gasteiger partial charge in [-0.1, -0.05) is 24.3 Å². The lowest BCUT2D eigenvalue weighted by atomic mass is 10.1. The van der Waals surface area contributed by atoms with Gasteiger partial charge in [0.25, 0.3) is 0 Å². The van der Waals surface area contributed by atoms with Gasteiger partial charge in [-0.3, -0.25) is 4.68 Å². The smallest absolute Gasteiger partial charge is 0.318 e. The predicted octanol–water partition coefficient (Wildman–Crippen LogP) is 1.86. The van der Waals surface area contributed by atoms with Crippen molar-refractivity contribution in [1.82, 2.24) is 20.0 Å². The summed E-state index contributed by atoms with van der Waals surface area (Å²) in [7, 11) is 0. The number of rotatable bonds is 4. The van der Waals surface area contributed by atoms with E-state index in [1.54, 1.807) is 6.20 Å². The van der Waals surface area contributed by atoms with E-state index in [2.05, 4.69) is 16.5 Å². The molecule has 1 aromatic carbocycles. The highest BCUT2D eigenvalue weighted by atomic mass is 16.5. The largest absolute Gasteiger partial charge is 0.377 e. The molecule has 2 aromatic rings. The molecule has 6 nitrogen and oxygen atoms in total. The van der Waals surface area contributed by atoms with E-state index in [0.717, 1.165) is 11.1 Å². The fraction of sp³-hybridized carbons (Fsp3) is 0.412. The third-order valence-corrected chi connectivity index (χ3v) is 4.07. The zero-order valence-corrected chi connectivity index (χ0v) is 13.3. The molecule has 23 heavy (non-hydrogen) atoms. The van der Waals surface area contributed by atoms with Crippen LogP contribution in [0.15, 0.2) is 42.7 Å². The number of carbonyl (C=O) groups excluding carboxylic acids is 1. The van der Waals surface area contributed by atoms with Gasteiger partial charge in [0.1, 0.15) is 0 Å². The first-order chi connectivity index (χ1) is 11.2. The highest BCUT2D eigenvalue weighted by Crippen LogP contribution is 2.11. The van der Waals surface area contributed by atoms with Crippen LogP contribution in [0.2, 0.25) is 0 Å². The van der Waals surface area contributed by atoms with Gasteiger partial charge in [0, 0.05) is 25.5 Å². The van der Waals surface area contributed by atoms with Crippen molar-refractivity contribution in [2.75, 3.05) is 19.8 Å². The lowest BCUT2D eigenvalue weighted by molar-refractivity contribution is 0.0189. The van der Waals surface area contributed by atoms with Gasteiger partial charge in [0.05, 0.1) is 25.8 Å². The molecule has 0 unspecified atom stereocenters. The Labute approximate surface area is 136 Å². The minimum Gasteiger partial charge on any atom is -0.377 e. The summed E-state index contributed by atoms with van der Waals surface area (Å²) in [6.07, 6.45) is 3.70. The third-order valence-electron chi connectivity index (χ3n) is 4.07. The molecule has 1 N–H and O–H groups in total. The number of carbonyl (C=O) groups is 1. The summed E-state index contributed by atoms with van der Waals surface area (Å²) >= 11 is 0. The highest BCUT2D eigenvalue weighted by molar-refractivity contribution is 5.74. The van der Waals surface area contributed by atoms with Crippen molar-refractivity contribution in [2.45, 2.75) is 26.1 Å². The first kappa shape index (κ1) is 15.6. The fourth-order valence-corrected chi connectivity index (χ4v) is 2.75. The molecule has 3 rings (SSSR count). The average Bonchev–Trinajstić information content (AvgIpc) is 3.07. The Balaban J connectivity index is 1.62. The van der Waals surface area contributed by atoms with Crippen LogP contribution in [0.3, 0.4) is 0 Å². The molecule has 0 bridgehead atoms. The van der Waals surface area contributed by atoms with Crippen molar-refractivity contribution in [3.63, 3.8) is 0 Å². The van der Waals surface area contributed by atoms with Crippen molar-refractivity contribution in [3.05, 3.63) is 53.9 Å². The SMILES string of the molecule is C[C@H]1COCCN1C(=O)NCc1ccccc1Cn1cccn1. The molecule has 1 aliphatic heterocycles. The molecule has 122 valence electrons. The van der Waals surface area contributed by atoms with Crippen LogP contribution in [0.25, 0.3) is 0 Å². The van der Waals surface area contributed by atoms with Crippen molar-refractivity contribution < 1.29 is 9.53 Å². The summed E-state index contributed by atoms with van der Waals surface area (Å²) in [4.78, 5) is 14.2. The first-order valence-corrected chi connectivity index (χ1v) is 7.90. The van der Waals surface area contributed by atoms with Gasteiger partial charge in [0.2, 0.25) is 0 Å². The Morgan fingerprint density at radius 1 is 1.35 bits per heavy atom. The minimum atomic E-state index is -0.0327. The van der Waals surface area contributed by atoms with E-state index < -0.39 is 0 Å². The minimum absolute atomic E-state index is 0.0327. The van der Waals surface area contributed by atoms with Crippen LogP contribution in [0.4, 0.5) is 4.79 Å². The lowest BCUT2D eigenvalue weighted by Gasteiger charge is -2.33. The van der Waals surface area contributed by atoms with Crippen LogP contribution < -0.4 is 5.32 Å². The molecule has 1 aromatic heterocycles. The highest BCUT2D eigenvalue weighted by Gasteiger charge is 2.23. The monoisotopic (exact) mass is 314 g/mol. The van der Waals surface area contributed by atoms with E-state index in [-0.39, 0.29) is 12.1 Å². The normalized spacial score (nSPS) is 18.0. The van der Waals surface area contributed by atoms with Crippen LogP contribution in [0.5, 0.6) is 0 Å². The predicted molar refractivity (Wildman–Crippen MR) is 87.0 cm³/mol. The maximum Gasteiger partial charge on any atom is 0.318 e. The van der Waals surface area contributed by atoms with Crippen LogP contribution in [-0.2, 0) is 17.8 Å². The molecule has 1 saturated heterocycles. The maximum absolute atomic E-state index is 12.4. The van der Waals surface area contributed by atoms with Crippen molar-refractivity contribution >= 4 is 6.03 Å². The molecule has 1 atom stereocenters. The molecule has 0 aliphatic carbocycles. The zero-order chi connectivity index (χ0) is 16.1. The summed E-state index contributed by atoms with van der Waals surface area (Å²) in [5.41, 5.74) is 2.27. The van der Waals surface area contributed by atoms with Crippen molar-refractivity contribution in [2.24, 2.45) is 0 Å². The lowest BCUT2D eigenvalue weighted by Crippen LogP contribution is -2.51. The van der Waals surface area contributed by atoms with Gasteiger partial charge in [0.15, 0.2) is 0 Å². The van der Waals surface area contributed by atoms with Gasteiger partial charge in [-0.15, -0.1) is 0 Å². The molecule has 0 saturated carbocycles. The fourth-order valence-electron chi connectivity index (χ4n) is 2.75. The van der Waals surface area contributed by atoms with Gasteiger partial charge < -0.3 is 15.0 Å². The number of nitrogens with one attached hydrogen (secondary N) is 1. The van der Waals surface area contributed by atoms with Crippen LogP contribution in [0, 0.1) is 0 Å². The van der Waals surface area contributed by atoms with Gasteiger partial charge >= 0.3 is 6.03 Å². The zero-order valence-electron chi connectivity index (χ0n) is 13.3. The number of hydrogen-bond acceptors (Lipinski definition) is 3. The molecule has 0 radical (unpaired) electrons. The van der Waals surface area contributed by atoms with E-state index in [1.165, 1.54) is 0 Å². The van der Waals surface area contributed by atoms with E-state index >= 15 is 0 Å². The third kappa shape index (κ3) is 3.90. The van der Waals surface area contributed by atoms with E-state index in [0.29, 0.717) is 32.8 Å². The molecule has 1 aliphatic rings. The second-order valence-corrected chi connectivity index (χ2v) is 5.75. The maximum atomic E-state index is 12.4. The number of urea groups is 1. The summed E-state index contributed by atoms with van der Waals surface area (Å²) in [6.45, 7) is 5.07. The molecule has 2 amide bonds. The molecule has 1 fully saturated rings. The summed E-state index contributed by atoms with van der Waals surface area (Å²) in [5, 5.41) is 7.26. The number of ether oxygens (including phenoxy) is 1. The van der Waals surface area contributed by atoms with Crippen LogP contribution in [0.1, 0.15) is 18.1 Å². The molecule has 2 heterocycles. The van der Waals surface area contributed by atoms with Crippen LogP contribution in [-0.4, -0.2) is 46.5 Å². The van der Waals surface area contributed by atoms with Gasteiger partial charge in [-0.05, 0) is 24.1 Å². The quantitative estimate of drug-likeness (QED) is 0.937. The standard InChI is InChI=1S/C17H22N4O2/c1-14-13-23-10-9-21(14)17(22)18-11-15-5-2-3-6-16(15)12-20-8-4-7-19-20/h2-8,14H,9-13H2,1H3,(H,18,22)/t14-/m0/s1. The van der Waals surface area contributed by atoms with Crippen LogP contribution >= 0.6 is 0 Å². The summed E-state index contributed by atoms with van der Waals surface area (Å²) < 4.78 is 7.25. The number of amides is 2. The second kappa shape index (κ2) is 7.28. The Bertz CT molecular complexity index is 642.